The first-order chi connectivity index (χ1) is 11.6. The highest BCUT2D eigenvalue weighted by atomic mass is 16.3. The van der Waals surface area contributed by atoms with Crippen molar-refractivity contribution in [2.75, 3.05) is 6.54 Å². The van der Waals surface area contributed by atoms with Crippen LogP contribution in [0.3, 0.4) is 0 Å². The molecule has 3 rings (SSSR count). The van der Waals surface area contributed by atoms with Crippen molar-refractivity contribution in [1.29, 1.82) is 0 Å². The quantitative estimate of drug-likeness (QED) is 0.887. The van der Waals surface area contributed by atoms with Gasteiger partial charge in [-0.1, -0.05) is 18.9 Å². The first kappa shape index (κ1) is 16.7. The van der Waals surface area contributed by atoms with E-state index in [4.69, 9.17) is 0 Å². The lowest BCUT2D eigenvalue weighted by Gasteiger charge is -2.18. The van der Waals surface area contributed by atoms with Crippen molar-refractivity contribution in [3.05, 3.63) is 47.4 Å². The van der Waals surface area contributed by atoms with Gasteiger partial charge in [0, 0.05) is 24.1 Å². The Bertz CT molecular complexity index is 703. The summed E-state index contributed by atoms with van der Waals surface area (Å²) in [5, 5.41) is 13.1. The maximum atomic E-state index is 12.5. The van der Waals surface area contributed by atoms with Crippen molar-refractivity contribution in [2.24, 2.45) is 5.92 Å². The Morgan fingerprint density at radius 2 is 2.12 bits per heavy atom. The van der Waals surface area contributed by atoms with E-state index in [0.29, 0.717) is 18.0 Å². The van der Waals surface area contributed by atoms with E-state index in [0.717, 1.165) is 30.0 Å². The lowest BCUT2D eigenvalue weighted by molar-refractivity contribution is 0.0840. The molecule has 2 aromatic heterocycles. The second-order valence-electron chi connectivity index (χ2n) is 6.63. The van der Waals surface area contributed by atoms with Crippen LogP contribution in [0.4, 0.5) is 0 Å². The molecule has 5 nitrogen and oxygen atoms in total. The van der Waals surface area contributed by atoms with Gasteiger partial charge in [-0.25, -0.2) is 4.98 Å². The summed E-state index contributed by atoms with van der Waals surface area (Å²) in [6, 6.07) is 7.60. The zero-order valence-corrected chi connectivity index (χ0v) is 14.3. The van der Waals surface area contributed by atoms with Crippen molar-refractivity contribution in [1.82, 2.24) is 14.9 Å². The molecule has 128 valence electrons. The monoisotopic (exact) mass is 327 g/mol. The summed E-state index contributed by atoms with van der Waals surface area (Å²) in [7, 11) is 0. The first-order valence-electron chi connectivity index (χ1n) is 8.64. The summed E-state index contributed by atoms with van der Waals surface area (Å²) in [5.41, 5.74) is 2.46. The van der Waals surface area contributed by atoms with Crippen molar-refractivity contribution >= 4 is 5.91 Å². The largest absolute Gasteiger partial charge is 0.391 e. The van der Waals surface area contributed by atoms with E-state index < -0.39 is 6.10 Å². The third-order valence-electron chi connectivity index (χ3n) is 4.97. The molecule has 2 heterocycles. The van der Waals surface area contributed by atoms with Gasteiger partial charge in [-0.05, 0) is 50.8 Å². The predicted octanol–water partition coefficient (Wildman–Crippen LogP) is 2.77. The fourth-order valence-electron chi connectivity index (χ4n) is 3.63. The summed E-state index contributed by atoms with van der Waals surface area (Å²) in [6.45, 7) is 4.20. The first-order valence-corrected chi connectivity index (χ1v) is 8.64. The summed E-state index contributed by atoms with van der Waals surface area (Å²) in [5.74, 6) is 0.992. The van der Waals surface area contributed by atoms with Crippen LogP contribution in [0.25, 0.3) is 5.82 Å². The standard InChI is InChI=1S/C19H25N3O2/c1-13-11-16(14(2)22(13)18-9-5-6-10-20-18)19(24)21-12-17(23)15-7-3-4-8-15/h5-6,9-11,15,17,23H,3-4,7-8,12H2,1-2H3,(H,21,24). The lowest BCUT2D eigenvalue weighted by Crippen LogP contribution is -2.35. The molecule has 0 bridgehead atoms. The van der Waals surface area contributed by atoms with E-state index >= 15 is 0 Å². The van der Waals surface area contributed by atoms with Gasteiger partial charge in [-0.15, -0.1) is 0 Å². The van der Waals surface area contributed by atoms with Crippen LogP contribution < -0.4 is 5.32 Å². The minimum atomic E-state index is -0.448. The number of hydrogen-bond donors (Lipinski definition) is 2. The fraction of sp³-hybridized carbons (Fsp3) is 0.474. The molecule has 1 aliphatic carbocycles. The molecule has 0 aromatic carbocycles. The van der Waals surface area contributed by atoms with E-state index in [2.05, 4.69) is 10.3 Å². The summed E-state index contributed by atoms with van der Waals surface area (Å²) >= 11 is 0. The molecule has 1 atom stereocenters. The van der Waals surface area contributed by atoms with E-state index in [-0.39, 0.29) is 5.91 Å². The van der Waals surface area contributed by atoms with Gasteiger partial charge in [0.15, 0.2) is 0 Å². The van der Waals surface area contributed by atoms with Crippen LogP contribution in [0.5, 0.6) is 0 Å². The highest BCUT2D eigenvalue weighted by molar-refractivity contribution is 5.95. The topological polar surface area (TPSA) is 67.2 Å². The highest BCUT2D eigenvalue weighted by Gasteiger charge is 2.24. The van der Waals surface area contributed by atoms with E-state index in [1.807, 2.05) is 42.7 Å². The maximum Gasteiger partial charge on any atom is 0.253 e. The number of pyridine rings is 1. The van der Waals surface area contributed by atoms with Gasteiger partial charge in [0.05, 0.1) is 11.7 Å². The van der Waals surface area contributed by atoms with Gasteiger partial charge in [0.25, 0.3) is 5.91 Å². The zero-order chi connectivity index (χ0) is 17.1. The number of rotatable bonds is 5. The van der Waals surface area contributed by atoms with E-state index in [9.17, 15) is 9.90 Å². The minimum absolute atomic E-state index is 0.137. The van der Waals surface area contributed by atoms with Gasteiger partial charge < -0.3 is 15.0 Å². The van der Waals surface area contributed by atoms with Crippen LogP contribution in [0.1, 0.15) is 47.4 Å². The van der Waals surface area contributed by atoms with Gasteiger partial charge in [-0.3, -0.25) is 4.79 Å². The molecule has 0 spiro atoms. The van der Waals surface area contributed by atoms with Crippen LogP contribution in [-0.4, -0.2) is 33.2 Å². The third kappa shape index (κ3) is 3.36. The Morgan fingerprint density at radius 1 is 1.38 bits per heavy atom. The normalized spacial score (nSPS) is 16.3. The number of aliphatic hydroxyl groups excluding tert-OH is 1. The Labute approximate surface area is 142 Å². The minimum Gasteiger partial charge on any atom is -0.391 e. The molecule has 24 heavy (non-hydrogen) atoms. The van der Waals surface area contributed by atoms with Crippen LogP contribution in [0.2, 0.25) is 0 Å². The molecule has 1 aliphatic rings. The number of nitrogens with zero attached hydrogens (tertiary/aromatic N) is 2. The second kappa shape index (κ2) is 7.18. The SMILES string of the molecule is Cc1cc(C(=O)NCC(O)C2CCCC2)c(C)n1-c1ccccn1. The molecule has 2 N–H and O–H groups in total. The average Bonchev–Trinajstić information content (AvgIpc) is 3.21. The van der Waals surface area contributed by atoms with Gasteiger partial charge in [0.2, 0.25) is 0 Å². The molecule has 2 aromatic rings. The third-order valence-corrected chi connectivity index (χ3v) is 4.97. The van der Waals surface area contributed by atoms with Crippen LogP contribution in [0.15, 0.2) is 30.5 Å². The molecular formula is C19H25N3O2. The van der Waals surface area contributed by atoms with Gasteiger partial charge in [0.1, 0.15) is 5.82 Å². The summed E-state index contributed by atoms with van der Waals surface area (Å²) in [4.78, 5) is 16.9. The maximum absolute atomic E-state index is 12.5. The number of aliphatic hydroxyl groups is 1. The molecule has 0 radical (unpaired) electrons. The Kier molecular flexibility index (Phi) is 5.00. The van der Waals surface area contributed by atoms with Crippen molar-refractivity contribution < 1.29 is 9.90 Å². The number of nitrogens with one attached hydrogen (secondary N) is 1. The fourth-order valence-corrected chi connectivity index (χ4v) is 3.63. The number of aryl methyl sites for hydroxylation is 1. The lowest BCUT2D eigenvalue weighted by atomic mass is 10.0. The number of hydrogen-bond acceptors (Lipinski definition) is 3. The smallest absolute Gasteiger partial charge is 0.253 e. The van der Waals surface area contributed by atoms with Crippen molar-refractivity contribution in [3.8, 4) is 5.82 Å². The van der Waals surface area contributed by atoms with Gasteiger partial charge >= 0.3 is 0 Å². The number of carbonyl (C=O) groups is 1. The number of amides is 1. The average molecular weight is 327 g/mol. The van der Waals surface area contributed by atoms with Crippen LogP contribution >= 0.6 is 0 Å². The molecule has 1 amide bonds. The molecule has 0 aliphatic heterocycles. The van der Waals surface area contributed by atoms with Crippen LogP contribution in [0, 0.1) is 19.8 Å². The Hall–Kier alpha value is -2.14. The summed E-state index contributed by atoms with van der Waals surface area (Å²) in [6.07, 6.45) is 5.78. The molecule has 1 unspecified atom stereocenters. The highest BCUT2D eigenvalue weighted by Crippen LogP contribution is 2.27. The molecule has 1 fully saturated rings. The van der Waals surface area contributed by atoms with E-state index in [1.165, 1.54) is 12.8 Å². The predicted molar refractivity (Wildman–Crippen MR) is 93.3 cm³/mol. The zero-order valence-electron chi connectivity index (χ0n) is 14.3. The van der Waals surface area contributed by atoms with E-state index in [1.54, 1.807) is 6.20 Å². The van der Waals surface area contributed by atoms with Crippen molar-refractivity contribution in [2.45, 2.75) is 45.6 Å². The molecule has 5 heteroatoms. The molecule has 1 saturated carbocycles. The summed E-state index contributed by atoms with van der Waals surface area (Å²) < 4.78 is 1.97. The Morgan fingerprint density at radius 3 is 2.79 bits per heavy atom. The van der Waals surface area contributed by atoms with Crippen LogP contribution in [-0.2, 0) is 0 Å². The second-order valence-corrected chi connectivity index (χ2v) is 6.63. The molecule has 0 saturated heterocycles. The molecular weight excluding hydrogens is 302 g/mol. The Balaban J connectivity index is 1.71. The van der Waals surface area contributed by atoms with Gasteiger partial charge in [-0.2, -0.15) is 0 Å². The number of carbonyl (C=O) groups excluding carboxylic acids is 1. The van der Waals surface area contributed by atoms with Crippen molar-refractivity contribution in [3.63, 3.8) is 0 Å². The number of aromatic nitrogens is 2.